The van der Waals surface area contributed by atoms with Gasteiger partial charge in [-0.1, -0.05) is 11.6 Å². The molecule has 1 atom stereocenters. The molecule has 6 heteroatoms. The van der Waals surface area contributed by atoms with Gasteiger partial charge < -0.3 is 10.6 Å². The van der Waals surface area contributed by atoms with Crippen molar-refractivity contribution < 1.29 is 14.0 Å². The molecule has 0 aliphatic heterocycles. The maximum Gasteiger partial charge on any atom is 0.342 e. The highest BCUT2D eigenvalue weighted by molar-refractivity contribution is 7.52. The first-order valence-corrected chi connectivity index (χ1v) is 4.14. The Bertz CT molecular complexity index is 107. The largest absolute Gasteiger partial charge is 0.342 e. The van der Waals surface area contributed by atoms with Gasteiger partial charge in [0.25, 0.3) is 0 Å². The summed E-state index contributed by atoms with van der Waals surface area (Å²) >= 11 is 4.95. The van der Waals surface area contributed by atoms with Crippen molar-refractivity contribution in [2.24, 2.45) is 5.73 Å². The average molecular weight is 160 g/mol. The van der Waals surface area contributed by atoms with E-state index in [1.807, 2.05) is 0 Å². The molecule has 0 aromatic carbocycles. The molecule has 1 unspecified atom stereocenters. The first-order valence-electron chi connectivity index (χ1n) is 1.85. The van der Waals surface area contributed by atoms with E-state index in [0.29, 0.717) is 0 Å². The highest BCUT2D eigenvalue weighted by atomic mass is 35.5. The molecule has 0 radical (unpaired) electrons. The minimum Gasteiger partial charge on any atom is -0.323 e. The Balaban J connectivity index is 3.55. The molecular weight excluding hydrogens is 152 g/mol. The van der Waals surface area contributed by atoms with Crippen molar-refractivity contribution in [1.82, 2.24) is 0 Å². The topological polar surface area (TPSA) is 72.6 Å². The van der Waals surface area contributed by atoms with Crippen molar-refractivity contribution in [2.45, 2.75) is 0 Å². The van der Waals surface area contributed by atoms with E-state index in [1.165, 1.54) is 0 Å². The number of halogens is 1. The van der Waals surface area contributed by atoms with Gasteiger partial charge >= 0.3 is 7.60 Å². The van der Waals surface area contributed by atoms with Gasteiger partial charge in [0.15, 0.2) is 0 Å². The van der Waals surface area contributed by atoms with Crippen LogP contribution < -0.4 is 5.73 Å². The van der Waals surface area contributed by atoms with Crippen LogP contribution in [0.15, 0.2) is 0 Å². The van der Waals surface area contributed by atoms with Gasteiger partial charge in [-0.2, -0.15) is 0 Å². The maximum absolute atomic E-state index is 10.3. The number of nitrogens with two attached hydrogens (primary N) is 1. The third kappa shape index (κ3) is 3.41. The SMILES string of the molecule is NCP(=O)(O)OCCl. The predicted molar refractivity (Wildman–Crippen MR) is 30.7 cm³/mol. The Kier molecular flexibility index (Phi) is 3.60. The summed E-state index contributed by atoms with van der Waals surface area (Å²) in [5.41, 5.74) is 4.80. The molecular formula is C2H7ClNO3P. The van der Waals surface area contributed by atoms with E-state index in [-0.39, 0.29) is 12.4 Å². The fraction of sp³-hybridized carbons (Fsp3) is 1.00. The van der Waals surface area contributed by atoms with E-state index in [0.717, 1.165) is 0 Å². The molecule has 0 aromatic heterocycles. The molecule has 0 bridgehead atoms. The van der Waals surface area contributed by atoms with Crippen LogP contribution in [0.1, 0.15) is 0 Å². The van der Waals surface area contributed by atoms with Gasteiger partial charge in [-0.15, -0.1) is 0 Å². The van der Waals surface area contributed by atoms with E-state index >= 15 is 0 Å². The third-order valence-corrected chi connectivity index (χ3v) is 1.74. The summed E-state index contributed by atoms with van der Waals surface area (Å²) in [6.07, 6.45) is -0.389. The van der Waals surface area contributed by atoms with Crippen molar-refractivity contribution in [3.05, 3.63) is 0 Å². The van der Waals surface area contributed by atoms with E-state index in [1.54, 1.807) is 0 Å². The van der Waals surface area contributed by atoms with Crippen molar-refractivity contribution >= 4 is 19.2 Å². The Morgan fingerprint density at radius 2 is 2.38 bits per heavy atom. The van der Waals surface area contributed by atoms with Gasteiger partial charge in [0.2, 0.25) is 0 Å². The Hall–Kier alpha value is 0.400. The van der Waals surface area contributed by atoms with Gasteiger partial charge in [0, 0.05) is 0 Å². The minimum atomic E-state index is -3.53. The first-order chi connectivity index (χ1) is 3.62. The number of alkyl halides is 1. The second-order valence-electron chi connectivity index (χ2n) is 1.06. The van der Waals surface area contributed by atoms with Crippen LogP contribution >= 0.6 is 19.2 Å². The molecule has 0 aliphatic rings. The molecule has 0 saturated heterocycles. The molecule has 0 heterocycles. The summed E-state index contributed by atoms with van der Waals surface area (Å²) in [5.74, 6) is 0. The molecule has 4 nitrogen and oxygen atoms in total. The van der Waals surface area contributed by atoms with Gasteiger partial charge in [0.1, 0.15) is 6.07 Å². The number of hydrogen-bond donors (Lipinski definition) is 2. The quantitative estimate of drug-likeness (QED) is 0.459. The van der Waals surface area contributed by atoms with Crippen LogP contribution in [0, 0.1) is 0 Å². The van der Waals surface area contributed by atoms with Gasteiger partial charge in [0.05, 0.1) is 6.29 Å². The fourth-order valence-electron chi connectivity index (χ4n) is 0.129. The zero-order valence-electron chi connectivity index (χ0n) is 4.08. The van der Waals surface area contributed by atoms with Crippen molar-refractivity contribution in [1.29, 1.82) is 0 Å². The van der Waals surface area contributed by atoms with E-state index < -0.39 is 7.60 Å². The van der Waals surface area contributed by atoms with Crippen LogP contribution in [-0.4, -0.2) is 17.2 Å². The first kappa shape index (κ1) is 8.40. The van der Waals surface area contributed by atoms with Gasteiger partial charge in [-0.3, -0.25) is 9.09 Å². The second kappa shape index (κ2) is 3.43. The van der Waals surface area contributed by atoms with Gasteiger partial charge in [-0.05, 0) is 0 Å². The van der Waals surface area contributed by atoms with Crippen LogP contribution in [0.5, 0.6) is 0 Å². The van der Waals surface area contributed by atoms with Crippen LogP contribution in [0.2, 0.25) is 0 Å². The monoisotopic (exact) mass is 159 g/mol. The lowest BCUT2D eigenvalue weighted by molar-refractivity contribution is 0.302. The number of hydrogen-bond acceptors (Lipinski definition) is 3. The highest BCUT2D eigenvalue weighted by Crippen LogP contribution is 2.39. The molecule has 0 spiro atoms. The van der Waals surface area contributed by atoms with E-state index in [9.17, 15) is 4.57 Å². The van der Waals surface area contributed by atoms with Crippen molar-refractivity contribution in [2.75, 3.05) is 12.4 Å². The van der Waals surface area contributed by atoms with E-state index in [4.69, 9.17) is 22.2 Å². The zero-order valence-corrected chi connectivity index (χ0v) is 5.73. The lowest BCUT2D eigenvalue weighted by Crippen LogP contribution is -2.01. The molecule has 0 aliphatic carbocycles. The van der Waals surface area contributed by atoms with Crippen molar-refractivity contribution in [3.8, 4) is 0 Å². The van der Waals surface area contributed by atoms with E-state index in [2.05, 4.69) is 4.52 Å². The summed E-state index contributed by atoms with van der Waals surface area (Å²) in [7, 11) is -3.53. The Morgan fingerprint density at radius 1 is 1.88 bits per heavy atom. The standard InChI is InChI=1S/C2H7ClNO3P/c3-1-7-8(5,6)2-4/h1-2,4H2,(H,5,6). The Labute approximate surface area is 52.1 Å². The van der Waals surface area contributed by atoms with Crippen molar-refractivity contribution in [3.63, 3.8) is 0 Å². The fourth-order valence-corrected chi connectivity index (χ4v) is 0.844. The summed E-state index contributed by atoms with van der Waals surface area (Å²) in [5, 5.41) is 0. The summed E-state index contributed by atoms with van der Waals surface area (Å²) in [4.78, 5) is 8.45. The van der Waals surface area contributed by atoms with Crippen LogP contribution in [0.4, 0.5) is 0 Å². The molecule has 0 amide bonds. The maximum atomic E-state index is 10.3. The smallest absolute Gasteiger partial charge is 0.323 e. The molecule has 50 valence electrons. The van der Waals surface area contributed by atoms with Gasteiger partial charge in [-0.25, -0.2) is 0 Å². The average Bonchev–Trinajstić information content (AvgIpc) is 1.67. The normalized spacial score (nSPS) is 17.9. The molecule has 0 saturated carbocycles. The zero-order chi connectivity index (χ0) is 6.62. The summed E-state index contributed by atoms with van der Waals surface area (Å²) < 4.78 is 14.4. The van der Waals surface area contributed by atoms with Crippen LogP contribution in [0.25, 0.3) is 0 Å². The highest BCUT2D eigenvalue weighted by Gasteiger charge is 2.14. The Morgan fingerprint density at radius 3 is 2.50 bits per heavy atom. The molecule has 8 heavy (non-hydrogen) atoms. The summed E-state index contributed by atoms with van der Waals surface area (Å²) in [6.45, 7) is 0. The lowest BCUT2D eigenvalue weighted by atomic mass is 11.6. The number of rotatable bonds is 3. The molecule has 0 rings (SSSR count). The predicted octanol–water partition coefficient (Wildman–Crippen LogP) is 0.301. The molecule has 3 N–H and O–H groups in total. The lowest BCUT2D eigenvalue weighted by Gasteiger charge is -2.04. The van der Waals surface area contributed by atoms with Crippen LogP contribution in [0.3, 0.4) is 0 Å². The van der Waals surface area contributed by atoms with Crippen LogP contribution in [-0.2, 0) is 9.09 Å². The second-order valence-corrected chi connectivity index (χ2v) is 3.17. The molecule has 0 fully saturated rings. The molecule has 0 aromatic rings. The minimum absolute atomic E-state index is 0.301. The summed E-state index contributed by atoms with van der Waals surface area (Å²) in [6, 6.07) is -0.301. The third-order valence-electron chi connectivity index (χ3n) is 0.481.